The highest BCUT2D eigenvalue weighted by Gasteiger charge is 2.48. The number of ether oxygens (including phenoxy) is 1. The number of hydrogen-bond acceptors (Lipinski definition) is 4. The number of likely N-dealkylation sites (tertiary alicyclic amines) is 1. The Bertz CT molecular complexity index is 983. The summed E-state index contributed by atoms with van der Waals surface area (Å²) in [5, 5.41) is 11.9. The summed E-state index contributed by atoms with van der Waals surface area (Å²) in [5.74, 6) is -1.26. The van der Waals surface area contributed by atoms with Crippen LogP contribution in [0.5, 0.6) is 0 Å². The molecule has 1 heterocycles. The number of fused-ring (bicyclic) bond motifs is 3. The molecule has 0 radical (unpaired) electrons. The van der Waals surface area contributed by atoms with E-state index < -0.39 is 23.5 Å². The maximum Gasteiger partial charge on any atom is 0.407 e. The zero-order valence-electron chi connectivity index (χ0n) is 17.6. The molecule has 7 heteroatoms. The molecule has 2 N–H and O–H groups in total. The van der Waals surface area contributed by atoms with Crippen LogP contribution >= 0.6 is 0 Å². The van der Waals surface area contributed by atoms with E-state index in [1.165, 1.54) is 4.90 Å². The molecule has 162 valence electrons. The average molecular weight is 422 g/mol. The summed E-state index contributed by atoms with van der Waals surface area (Å²) in [6.45, 7) is 3.86. The van der Waals surface area contributed by atoms with Crippen LogP contribution in [0.2, 0.25) is 0 Å². The summed E-state index contributed by atoms with van der Waals surface area (Å²) in [6.07, 6.45) is -0.257. The maximum atomic E-state index is 12.7. The minimum atomic E-state index is -0.922. The first-order valence-corrected chi connectivity index (χ1v) is 10.5. The fourth-order valence-corrected chi connectivity index (χ4v) is 4.43. The zero-order valence-corrected chi connectivity index (χ0v) is 17.6. The third-order valence-corrected chi connectivity index (χ3v) is 6.25. The quantitative estimate of drug-likeness (QED) is 0.745. The van der Waals surface area contributed by atoms with Crippen LogP contribution in [0.4, 0.5) is 4.79 Å². The van der Waals surface area contributed by atoms with Gasteiger partial charge in [0.25, 0.3) is 0 Å². The number of alkyl carbamates (subject to hydrolysis) is 1. The van der Waals surface area contributed by atoms with Crippen molar-refractivity contribution in [2.75, 3.05) is 19.7 Å². The van der Waals surface area contributed by atoms with Gasteiger partial charge in [0.2, 0.25) is 5.91 Å². The highest BCUT2D eigenvalue weighted by atomic mass is 16.5. The molecule has 1 atom stereocenters. The number of benzene rings is 2. The van der Waals surface area contributed by atoms with Gasteiger partial charge in [0, 0.05) is 19.0 Å². The van der Waals surface area contributed by atoms with Crippen molar-refractivity contribution in [1.29, 1.82) is 0 Å². The van der Waals surface area contributed by atoms with E-state index >= 15 is 0 Å². The average Bonchev–Trinajstić information content (AvgIpc) is 3.07. The number of aliphatic carboxylic acids is 1. The van der Waals surface area contributed by atoms with Crippen molar-refractivity contribution in [3.63, 3.8) is 0 Å². The van der Waals surface area contributed by atoms with Gasteiger partial charge in [-0.1, -0.05) is 55.5 Å². The van der Waals surface area contributed by atoms with Crippen LogP contribution in [-0.2, 0) is 14.3 Å². The Labute approximate surface area is 181 Å². The molecule has 0 spiro atoms. The molecule has 0 bridgehead atoms. The Balaban J connectivity index is 1.37. The number of carbonyl (C=O) groups excluding carboxylic acids is 2. The number of carbonyl (C=O) groups is 3. The standard InChI is InChI=1S/C24H26N2O5/c1-3-20(21(27)26-13-24(2,14-26)22(28)29)25-23(30)31-12-19-17-10-6-4-8-15(17)16-9-5-7-11-18(16)19/h4-11,19-20H,3,12-14H2,1-2H3,(H,25,30)(H,28,29)/t20-/m1/s1. The van der Waals surface area contributed by atoms with Crippen LogP contribution in [0.15, 0.2) is 48.5 Å². The van der Waals surface area contributed by atoms with Gasteiger partial charge in [-0.05, 0) is 35.6 Å². The first-order chi connectivity index (χ1) is 14.8. The van der Waals surface area contributed by atoms with Crippen molar-refractivity contribution in [2.45, 2.75) is 32.2 Å². The van der Waals surface area contributed by atoms with E-state index in [1.807, 2.05) is 36.4 Å². The SMILES string of the molecule is CC[C@@H](NC(=O)OCC1c2ccccc2-c2ccccc21)C(=O)N1CC(C)(C(=O)O)C1. The van der Waals surface area contributed by atoms with Gasteiger partial charge in [0.15, 0.2) is 0 Å². The largest absolute Gasteiger partial charge is 0.481 e. The Morgan fingerprint density at radius 2 is 1.65 bits per heavy atom. The molecule has 31 heavy (non-hydrogen) atoms. The molecule has 2 aliphatic rings. The lowest BCUT2D eigenvalue weighted by molar-refractivity contribution is -0.164. The Hall–Kier alpha value is -3.35. The predicted octanol–water partition coefficient (Wildman–Crippen LogP) is 3.24. The molecule has 0 unspecified atom stereocenters. The lowest BCUT2D eigenvalue weighted by Gasteiger charge is -2.46. The zero-order chi connectivity index (χ0) is 22.2. The number of nitrogens with zero attached hydrogens (tertiary/aromatic N) is 1. The summed E-state index contributed by atoms with van der Waals surface area (Å²) in [7, 11) is 0. The topological polar surface area (TPSA) is 95.9 Å². The van der Waals surface area contributed by atoms with Crippen molar-refractivity contribution in [3.05, 3.63) is 59.7 Å². The molecular weight excluding hydrogens is 396 g/mol. The first kappa shape index (κ1) is 20.9. The second-order valence-electron chi connectivity index (χ2n) is 8.49. The van der Waals surface area contributed by atoms with Gasteiger partial charge in [-0.15, -0.1) is 0 Å². The highest BCUT2D eigenvalue weighted by Crippen LogP contribution is 2.44. The van der Waals surface area contributed by atoms with Crippen LogP contribution in [-0.4, -0.2) is 53.7 Å². The van der Waals surface area contributed by atoms with Crippen LogP contribution < -0.4 is 5.32 Å². The molecule has 2 amide bonds. The van der Waals surface area contributed by atoms with E-state index in [0.29, 0.717) is 6.42 Å². The predicted molar refractivity (Wildman–Crippen MR) is 115 cm³/mol. The van der Waals surface area contributed by atoms with E-state index in [0.717, 1.165) is 22.3 Å². The molecule has 1 aliphatic heterocycles. The molecule has 1 aliphatic carbocycles. The van der Waals surface area contributed by atoms with E-state index in [2.05, 4.69) is 17.4 Å². The lowest BCUT2D eigenvalue weighted by Crippen LogP contribution is -2.64. The highest BCUT2D eigenvalue weighted by molar-refractivity contribution is 5.88. The number of amides is 2. The molecule has 7 nitrogen and oxygen atoms in total. The molecule has 2 aromatic carbocycles. The fourth-order valence-electron chi connectivity index (χ4n) is 4.43. The second-order valence-corrected chi connectivity index (χ2v) is 8.49. The fraction of sp³-hybridized carbons (Fsp3) is 0.375. The number of rotatable bonds is 6. The number of carboxylic acid groups (broad SMARTS) is 1. The Morgan fingerprint density at radius 1 is 1.10 bits per heavy atom. The van der Waals surface area contributed by atoms with Gasteiger partial charge in [0.1, 0.15) is 12.6 Å². The lowest BCUT2D eigenvalue weighted by atomic mass is 9.81. The van der Waals surface area contributed by atoms with Crippen LogP contribution in [0.1, 0.15) is 37.3 Å². The van der Waals surface area contributed by atoms with Gasteiger partial charge in [0.05, 0.1) is 5.41 Å². The molecule has 2 aromatic rings. The normalized spacial score (nSPS) is 17.2. The summed E-state index contributed by atoms with van der Waals surface area (Å²) in [6, 6.07) is 15.4. The Kier molecular flexibility index (Phi) is 5.43. The van der Waals surface area contributed by atoms with Crippen LogP contribution in [0.25, 0.3) is 11.1 Å². The van der Waals surface area contributed by atoms with Gasteiger partial charge in [-0.3, -0.25) is 9.59 Å². The van der Waals surface area contributed by atoms with Crippen LogP contribution in [0.3, 0.4) is 0 Å². The summed E-state index contributed by atoms with van der Waals surface area (Å²) >= 11 is 0. The number of carboxylic acids is 1. The van der Waals surface area contributed by atoms with Gasteiger partial charge >= 0.3 is 12.1 Å². The molecule has 0 saturated carbocycles. The van der Waals surface area contributed by atoms with E-state index in [4.69, 9.17) is 4.74 Å². The molecular formula is C24H26N2O5. The van der Waals surface area contributed by atoms with E-state index in [9.17, 15) is 19.5 Å². The minimum Gasteiger partial charge on any atom is -0.481 e. The third-order valence-electron chi connectivity index (χ3n) is 6.25. The van der Waals surface area contributed by atoms with Crippen molar-refractivity contribution >= 4 is 18.0 Å². The third kappa shape index (κ3) is 3.76. The molecule has 1 fully saturated rings. The van der Waals surface area contributed by atoms with Crippen molar-refractivity contribution < 1.29 is 24.2 Å². The van der Waals surface area contributed by atoms with Crippen molar-refractivity contribution in [2.24, 2.45) is 5.41 Å². The van der Waals surface area contributed by atoms with Gasteiger partial charge in [-0.2, -0.15) is 0 Å². The first-order valence-electron chi connectivity index (χ1n) is 10.5. The van der Waals surface area contributed by atoms with Gasteiger partial charge in [-0.25, -0.2) is 4.79 Å². The van der Waals surface area contributed by atoms with Crippen molar-refractivity contribution in [3.8, 4) is 11.1 Å². The maximum absolute atomic E-state index is 12.7. The molecule has 1 saturated heterocycles. The summed E-state index contributed by atoms with van der Waals surface area (Å²) in [5.41, 5.74) is 3.61. The smallest absolute Gasteiger partial charge is 0.407 e. The summed E-state index contributed by atoms with van der Waals surface area (Å²) < 4.78 is 5.52. The van der Waals surface area contributed by atoms with E-state index in [-0.39, 0.29) is 31.5 Å². The minimum absolute atomic E-state index is 0.0550. The van der Waals surface area contributed by atoms with Gasteiger partial charge < -0.3 is 20.1 Å². The van der Waals surface area contributed by atoms with Crippen molar-refractivity contribution in [1.82, 2.24) is 10.2 Å². The van der Waals surface area contributed by atoms with Crippen LogP contribution in [0, 0.1) is 5.41 Å². The molecule has 0 aromatic heterocycles. The second kappa shape index (κ2) is 8.06. The number of hydrogen-bond donors (Lipinski definition) is 2. The molecule has 4 rings (SSSR count). The Morgan fingerprint density at radius 3 is 2.16 bits per heavy atom. The van der Waals surface area contributed by atoms with E-state index in [1.54, 1.807) is 13.8 Å². The number of nitrogens with one attached hydrogen (secondary N) is 1. The monoisotopic (exact) mass is 422 g/mol. The summed E-state index contributed by atoms with van der Waals surface area (Å²) in [4.78, 5) is 37.8.